The van der Waals surface area contributed by atoms with Crippen LogP contribution in [0.5, 0.6) is 0 Å². The minimum Gasteiger partial charge on any atom is -0.325 e. The van der Waals surface area contributed by atoms with Crippen molar-refractivity contribution < 1.29 is 4.79 Å². The lowest BCUT2D eigenvalue weighted by atomic mass is 10.2. The molecule has 0 bridgehead atoms. The molecule has 0 aromatic heterocycles. The minimum absolute atomic E-state index is 0.187. The van der Waals surface area contributed by atoms with Gasteiger partial charge in [0.1, 0.15) is 5.38 Å². The molecule has 76 valence electrons. The third-order valence-electron chi connectivity index (χ3n) is 1.89. The largest absolute Gasteiger partial charge is 0.325 e. The number of alkyl halides is 1. The lowest BCUT2D eigenvalue weighted by molar-refractivity contribution is -0.115. The Hall–Kier alpha value is -0.540. The van der Waals surface area contributed by atoms with E-state index in [1.807, 2.05) is 25.1 Å². The number of nitrogens with one attached hydrogen (secondary N) is 1. The number of hydrogen-bond donors (Lipinski definition) is 1. The standard InChI is InChI=1S/C10H11BrClNO/c1-6-8(11)4-3-5-9(6)13-10(14)7(2)12/h3-5,7H,1-2H3,(H,13,14). The summed E-state index contributed by atoms with van der Waals surface area (Å²) in [4.78, 5) is 11.3. The summed E-state index contributed by atoms with van der Waals surface area (Å²) < 4.78 is 0.970. The van der Waals surface area contributed by atoms with E-state index in [-0.39, 0.29) is 5.91 Å². The molecule has 1 N–H and O–H groups in total. The van der Waals surface area contributed by atoms with Crippen molar-refractivity contribution in [3.8, 4) is 0 Å². The van der Waals surface area contributed by atoms with Crippen LogP contribution in [0.15, 0.2) is 22.7 Å². The van der Waals surface area contributed by atoms with Gasteiger partial charge in [0.25, 0.3) is 0 Å². The van der Waals surface area contributed by atoms with Crippen molar-refractivity contribution in [1.82, 2.24) is 0 Å². The molecule has 0 aliphatic heterocycles. The Morgan fingerprint density at radius 2 is 2.21 bits per heavy atom. The predicted octanol–water partition coefficient (Wildman–Crippen LogP) is 3.32. The van der Waals surface area contributed by atoms with E-state index in [1.54, 1.807) is 6.92 Å². The summed E-state index contributed by atoms with van der Waals surface area (Å²) >= 11 is 9.04. The van der Waals surface area contributed by atoms with E-state index < -0.39 is 5.38 Å². The Kier molecular flexibility index (Phi) is 3.96. The van der Waals surface area contributed by atoms with Gasteiger partial charge in [-0.05, 0) is 31.5 Å². The van der Waals surface area contributed by atoms with Crippen molar-refractivity contribution in [2.45, 2.75) is 19.2 Å². The van der Waals surface area contributed by atoms with Crippen LogP contribution in [0, 0.1) is 6.92 Å². The average molecular weight is 277 g/mol. The van der Waals surface area contributed by atoms with Gasteiger partial charge < -0.3 is 5.32 Å². The van der Waals surface area contributed by atoms with Crippen molar-refractivity contribution in [1.29, 1.82) is 0 Å². The van der Waals surface area contributed by atoms with Gasteiger partial charge in [-0.3, -0.25) is 4.79 Å². The summed E-state index contributed by atoms with van der Waals surface area (Å²) in [5.74, 6) is -0.187. The van der Waals surface area contributed by atoms with Crippen LogP contribution in [0.1, 0.15) is 12.5 Å². The molecule has 1 atom stereocenters. The first-order valence-corrected chi connectivity index (χ1v) is 5.45. The Morgan fingerprint density at radius 3 is 2.79 bits per heavy atom. The number of anilines is 1. The zero-order chi connectivity index (χ0) is 10.7. The number of halogens is 2. The van der Waals surface area contributed by atoms with E-state index in [0.29, 0.717) is 0 Å². The van der Waals surface area contributed by atoms with Gasteiger partial charge in [0.2, 0.25) is 5.91 Å². The second kappa shape index (κ2) is 4.80. The molecule has 0 aliphatic rings. The molecular formula is C10H11BrClNO. The molecule has 1 aromatic rings. The molecule has 0 heterocycles. The summed E-state index contributed by atoms with van der Waals surface area (Å²) in [7, 11) is 0. The van der Waals surface area contributed by atoms with Gasteiger partial charge in [-0.2, -0.15) is 0 Å². The quantitative estimate of drug-likeness (QED) is 0.825. The highest BCUT2D eigenvalue weighted by atomic mass is 79.9. The molecular weight excluding hydrogens is 265 g/mol. The summed E-state index contributed by atoms with van der Waals surface area (Å²) in [5, 5.41) is 2.23. The van der Waals surface area contributed by atoms with Crippen molar-refractivity contribution >= 4 is 39.1 Å². The Bertz CT molecular complexity index is 352. The van der Waals surface area contributed by atoms with Gasteiger partial charge >= 0.3 is 0 Å². The highest BCUT2D eigenvalue weighted by Crippen LogP contribution is 2.23. The number of rotatable bonds is 2. The van der Waals surface area contributed by atoms with E-state index >= 15 is 0 Å². The van der Waals surface area contributed by atoms with E-state index in [9.17, 15) is 4.79 Å². The highest BCUT2D eigenvalue weighted by Gasteiger charge is 2.10. The van der Waals surface area contributed by atoms with Crippen molar-refractivity contribution in [3.63, 3.8) is 0 Å². The molecule has 0 fully saturated rings. The first-order chi connectivity index (χ1) is 6.52. The first-order valence-electron chi connectivity index (χ1n) is 4.22. The zero-order valence-corrected chi connectivity index (χ0v) is 10.3. The second-order valence-electron chi connectivity index (χ2n) is 3.02. The second-order valence-corrected chi connectivity index (χ2v) is 4.53. The average Bonchev–Trinajstić information content (AvgIpc) is 2.12. The predicted molar refractivity (Wildman–Crippen MR) is 62.8 cm³/mol. The molecule has 4 heteroatoms. The smallest absolute Gasteiger partial charge is 0.242 e. The number of benzene rings is 1. The van der Waals surface area contributed by atoms with Gasteiger partial charge in [-0.25, -0.2) is 0 Å². The third-order valence-corrected chi connectivity index (χ3v) is 2.94. The minimum atomic E-state index is -0.520. The molecule has 0 saturated heterocycles. The molecule has 1 unspecified atom stereocenters. The lowest BCUT2D eigenvalue weighted by Gasteiger charge is -2.10. The summed E-state index contributed by atoms with van der Waals surface area (Å²) in [6, 6.07) is 5.64. The number of carbonyl (C=O) groups excluding carboxylic acids is 1. The lowest BCUT2D eigenvalue weighted by Crippen LogP contribution is -2.20. The molecule has 1 amide bonds. The normalized spacial score (nSPS) is 12.3. The number of hydrogen-bond acceptors (Lipinski definition) is 1. The molecule has 0 spiro atoms. The van der Waals surface area contributed by atoms with Crippen LogP contribution < -0.4 is 5.32 Å². The molecule has 0 aliphatic carbocycles. The van der Waals surface area contributed by atoms with Crippen LogP contribution in [0.2, 0.25) is 0 Å². The van der Waals surface area contributed by atoms with Crippen molar-refractivity contribution in [2.75, 3.05) is 5.32 Å². The van der Waals surface area contributed by atoms with Gasteiger partial charge in [-0.15, -0.1) is 11.6 Å². The highest BCUT2D eigenvalue weighted by molar-refractivity contribution is 9.10. The summed E-state index contributed by atoms with van der Waals surface area (Å²) in [6.07, 6.45) is 0. The summed E-state index contributed by atoms with van der Waals surface area (Å²) in [5.41, 5.74) is 1.79. The molecule has 2 nitrogen and oxygen atoms in total. The number of amides is 1. The number of carbonyl (C=O) groups is 1. The Balaban J connectivity index is 2.87. The van der Waals surface area contributed by atoms with Crippen LogP contribution in [-0.2, 0) is 4.79 Å². The molecule has 0 saturated carbocycles. The van der Waals surface area contributed by atoms with Crippen LogP contribution in [0.25, 0.3) is 0 Å². The zero-order valence-electron chi connectivity index (χ0n) is 7.97. The SMILES string of the molecule is Cc1c(Br)cccc1NC(=O)C(C)Cl. The fourth-order valence-electron chi connectivity index (χ4n) is 0.975. The maximum Gasteiger partial charge on any atom is 0.242 e. The third kappa shape index (κ3) is 2.72. The molecule has 1 aromatic carbocycles. The maximum atomic E-state index is 11.3. The van der Waals surface area contributed by atoms with Crippen LogP contribution in [0.3, 0.4) is 0 Å². The Morgan fingerprint density at radius 1 is 1.57 bits per heavy atom. The van der Waals surface area contributed by atoms with Gasteiger partial charge in [0.15, 0.2) is 0 Å². The molecule has 14 heavy (non-hydrogen) atoms. The van der Waals surface area contributed by atoms with E-state index in [0.717, 1.165) is 15.7 Å². The van der Waals surface area contributed by atoms with E-state index in [2.05, 4.69) is 21.2 Å². The molecule has 0 radical (unpaired) electrons. The van der Waals surface area contributed by atoms with Gasteiger partial charge in [0.05, 0.1) is 0 Å². The van der Waals surface area contributed by atoms with Crippen LogP contribution in [0.4, 0.5) is 5.69 Å². The monoisotopic (exact) mass is 275 g/mol. The van der Waals surface area contributed by atoms with Crippen molar-refractivity contribution in [3.05, 3.63) is 28.2 Å². The van der Waals surface area contributed by atoms with Crippen molar-refractivity contribution in [2.24, 2.45) is 0 Å². The van der Waals surface area contributed by atoms with Gasteiger partial charge in [-0.1, -0.05) is 22.0 Å². The Labute approximate surface area is 96.8 Å². The fraction of sp³-hybridized carbons (Fsp3) is 0.300. The topological polar surface area (TPSA) is 29.1 Å². The van der Waals surface area contributed by atoms with Gasteiger partial charge in [0, 0.05) is 10.2 Å². The van der Waals surface area contributed by atoms with E-state index in [1.165, 1.54) is 0 Å². The summed E-state index contributed by atoms with van der Waals surface area (Å²) in [6.45, 7) is 3.57. The first kappa shape index (κ1) is 11.5. The van der Waals surface area contributed by atoms with E-state index in [4.69, 9.17) is 11.6 Å². The maximum absolute atomic E-state index is 11.3. The fourth-order valence-corrected chi connectivity index (χ4v) is 1.40. The van der Waals surface area contributed by atoms with Crippen LogP contribution >= 0.6 is 27.5 Å². The molecule has 1 rings (SSSR count). The van der Waals surface area contributed by atoms with Crippen LogP contribution in [-0.4, -0.2) is 11.3 Å².